The van der Waals surface area contributed by atoms with Gasteiger partial charge < -0.3 is 25.2 Å². The predicted octanol–water partition coefficient (Wildman–Crippen LogP) is 5.96. The largest absolute Gasteiger partial charge is 0.494 e. The van der Waals surface area contributed by atoms with E-state index in [2.05, 4.69) is 27.2 Å². The third kappa shape index (κ3) is 9.73. The zero-order valence-corrected chi connectivity index (χ0v) is 29.5. The molecule has 264 valence electrons. The number of carbonyl (C=O) groups excluding carboxylic acids is 2. The summed E-state index contributed by atoms with van der Waals surface area (Å²) in [6, 6.07) is 18.3. The number of likely N-dealkylation sites (tertiary alicyclic amines) is 1. The second kappa shape index (κ2) is 16.8. The summed E-state index contributed by atoms with van der Waals surface area (Å²) < 4.78 is 5.89. The van der Waals surface area contributed by atoms with Gasteiger partial charge in [-0.15, -0.1) is 0 Å². The van der Waals surface area contributed by atoms with E-state index < -0.39 is 24.2 Å². The van der Waals surface area contributed by atoms with Crippen molar-refractivity contribution in [3.8, 4) is 28.3 Å². The second-order valence-corrected chi connectivity index (χ2v) is 14.1. The number of carbonyl (C=O) groups is 2. The minimum Gasteiger partial charge on any atom is -0.494 e. The van der Waals surface area contributed by atoms with Crippen LogP contribution in [0.5, 0.6) is 5.75 Å². The van der Waals surface area contributed by atoms with E-state index >= 15 is 0 Å². The van der Waals surface area contributed by atoms with Crippen LogP contribution >= 0.6 is 0 Å². The Balaban J connectivity index is 1.21. The van der Waals surface area contributed by atoms with Crippen molar-refractivity contribution >= 4 is 11.8 Å². The highest BCUT2D eigenvalue weighted by molar-refractivity contribution is 5.97. The number of nitrogens with one attached hydrogen (secondary N) is 1. The van der Waals surface area contributed by atoms with Crippen LogP contribution in [-0.2, 0) is 16.6 Å². The fraction of sp³-hybridized carbons (Fsp3) is 0.425. The number of nitrogens with zero attached hydrogens (tertiary/aromatic N) is 4. The Hall–Kier alpha value is -4.67. The summed E-state index contributed by atoms with van der Waals surface area (Å²) in [6.07, 6.45) is 9.92. The Morgan fingerprint density at radius 3 is 2.10 bits per heavy atom. The van der Waals surface area contributed by atoms with Crippen LogP contribution in [0.2, 0.25) is 0 Å². The Kier molecular flexibility index (Phi) is 12.3. The van der Waals surface area contributed by atoms with Gasteiger partial charge in [0, 0.05) is 66.3 Å². The first-order chi connectivity index (χ1) is 24.0. The van der Waals surface area contributed by atoms with Crippen LogP contribution in [0.25, 0.3) is 22.5 Å². The Bertz CT molecular complexity index is 1680. The van der Waals surface area contributed by atoms with Gasteiger partial charge in [0.15, 0.2) is 12.1 Å². The Labute approximate surface area is 295 Å². The van der Waals surface area contributed by atoms with Gasteiger partial charge in [-0.1, -0.05) is 89.8 Å². The van der Waals surface area contributed by atoms with E-state index in [4.69, 9.17) is 4.74 Å². The second-order valence-electron chi connectivity index (χ2n) is 14.1. The molecule has 50 heavy (non-hydrogen) atoms. The normalized spacial score (nSPS) is 13.9. The van der Waals surface area contributed by atoms with Crippen molar-refractivity contribution in [1.82, 2.24) is 25.2 Å². The number of amides is 2. The first-order valence-corrected chi connectivity index (χ1v) is 17.6. The lowest BCUT2D eigenvalue weighted by Gasteiger charge is -2.41. The van der Waals surface area contributed by atoms with Crippen LogP contribution in [0.15, 0.2) is 79.3 Å². The minimum atomic E-state index is -1.49. The maximum atomic E-state index is 13.5. The van der Waals surface area contributed by atoms with Gasteiger partial charge >= 0.3 is 0 Å². The molecule has 3 heterocycles. The van der Waals surface area contributed by atoms with E-state index in [0.29, 0.717) is 11.4 Å². The number of benzene rings is 2. The molecule has 0 aliphatic carbocycles. The first kappa shape index (κ1) is 36.6. The van der Waals surface area contributed by atoms with Gasteiger partial charge in [0.05, 0.1) is 12.2 Å². The Morgan fingerprint density at radius 2 is 1.50 bits per heavy atom. The molecule has 3 N–H and O–H groups in total. The average molecular weight is 680 g/mol. The van der Waals surface area contributed by atoms with E-state index in [1.807, 2.05) is 75.4 Å². The van der Waals surface area contributed by atoms with Crippen molar-refractivity contribution in [2.24, 2.45) is 5.92 Å². The molecule has 2 amide bonds. The van der Waals surface area contributed by atoms with Gasteiger partial charge in [0.1, 0.15) is 11.8 Å². The zero-order chi connectivity index (χ0) is 35.7. The fourth-order valence-corrected chi connectivity index (χ4v) is 5.81. The third-order valence-electron chi connectivity index (χ3n) is 9.05. The van der Waals surface area contributed by atoms with Crippen molar-refractivity contribution in [3.05, 3.63) is 96.1 Å². The molecule has 1 atom stereocenters. The number of ether oxygens (including phenoxy) is 1. The van der Waals surface area contributed by atoms with E-state index in [9.17, 15) is 19.8 Å². The van der Waals surface area contributed by atoms with Crippen molar-refractivity contribution in [2.75, 3.05) is 19.7 Å². The number of rotatable bonds is 15. The molecule has 2 aromatic heterocycles. The van der Waals surface area contributed by atoms with E-state index in [-0.39, 0.29) is 30.8 Å². The molecule has 1 fully saturated rings. The summed E-state index contributed by atoms with van der Waals surface area (Å²) in [6.45, 7) is 9.52. The molecule has 5 rings (SSSR count). The summed E-state index contributed by atoms with van der Waals surface area (Å²) >= 11 is 0. The maximum absolute atomic E-state index is 13.5. The van der Waals surface area contributed by atoms with E-state index in [1.165, 1.54) is 36.8 Å². The molecule has 0 unspecified atom stereocenters. The zero-order valence-electron chi connectivity index (χ0n) is 29.5. The highest BCUT2D eigenvalue weighted by atomic mass is 16.5. The molecule has 0 saturated carbocycles. The lowest BCUT2D eigenvalue weighted by molar-refractivity contribution is -0.157. The van der Waals surface area contributed by atoms with E-state index in [0.717, 1.165) is 46.7 Å². The van der Waals surface area contributed by atoms with E-state index in [1.54, 1.807) is 18.5 Å². The molecule has 0 spiro atoms. The van der Waals surface area contributed by atoms with Crippen molar-refractivity contribution < 1.29 is 24.5 Å². The maximum Gasteiger partial charge on any atom is 0.253 e. The van der Waals surface area contributed by atoms with Gasteiger partial charge in [-0.2, -0.15) is 0 Å². The van der Waals surface area contributed by atoms with Crippen LogP contribution in [0.3, 0.4) is 0 Å². The number of pyridine rings is 1. The summed E-state index contributed by atoms with van der Waals surface area (Å²) in [5.41, 5.74) is 4.62. The van der Waals surface area contributed by atoms with Crippen LogP contribution in [0.1, 0.15) is 81.4 Å². The highest BCUT2D eigenvalue weighted by Crippen LogP contribution is 2.25. The molecule has 4 aromatic rings. The molecule has 0 bridgehead atoms. The minimum absolute atomic E-state index is 0.160. The first-order valence-electron chi connectivity index (χ1n) is 17.6. The number of hydrogen-bond acceptors (Lipinski definition) is 8. The molecule has 10 heteroatoms. The lowest BCUT2D eigenvalue weighted by atomic mass is 9.91. The van der Waals surface area contributed by atoms with Gasteiger partial charge in [-0.3, -0.25) is 14.6 Å². The van der Waals surface area contributed by atoms with Gasteiger partial charge in [-0.25, -0.2) is 9.97 Å². The predicted molar refractivity (Wildman–Crippen MR) is 193 cm³/mol. The number of unbranched alkanes of at least 4 members (excludes halogenated alkanes) is 4. The van der Waals surface area contributed by atoms with Gasteiger partial charge in [0.2, 0.25) is 5.91 Å². The topological polar surface area (TPSA) is 138 Å². The third-order valence-corrected chi connectivity index (χ3v) is 9.05. The SMILES string of the molecule is CCCCCCCOc1ccc(-c2cnc(-c3ccc(C[C@H](NC(=O)c4ccc(C(C)(C)C)nc4)C(=O)N4CC(C(O)O)C4)cc3)nc2)cc1. The standard InChI is InChI=1S/C40H49N5O5/c1-5-6-7-8-9-20-50-33-17-14-28(15-18-33)31-23-42-36(43-24-31)29-12-10-27(11-13-29)21-34(38(47)45-25-32(26-45)39(48)49)44-37(46)30-16-19-35(41-22-30)40(2,3)4/h10-19,22-24,32,34,39,48-49H,5-9,20-21,25-26H2,1-4H3,(H,44,46)/t34-/m0/s1. The van der Waals surface area contributed by atoms with Gasteiger partial charge in [-0.05, 0) is 41.8 Å². The monoisotopic (exact) mass is 679 g/mol. The summed E-state index contributed by atoms with van der Waals surface area (Å²) in [7, 11) is 0. The molecular weight excluding hydrogens is 630 g/mol. The Morgan fingerprint density at radius 1 is 0.840 bits per heavy atom. The molecule has 0 radical (unpaired) electrons. The number of hydrogen-bond donors (Lipinski definition) is 3. The smallest absolute Gasteiger partial charge is 0.253 e. The molecule has 10 nitrogen and oxygen atoms in total. The summed E-state index contributed by atoms with van der Waals surface area (Å²) in [5, 5.41) is 21.9. The molecular formula is C40H49N5O5. The molecule has 2 aromatic carbocycles. The van der Waals surface area contributed by atoms with Gasteiger partial charge in [0.25, 0.3) is 5.91 Å². The van der Waals surface area contributed by atoms with Crippen LogP contribution in [0.4, 0.5) is 0 Å². The highest BCUT2D eigenvalue weighted by Gasteiger charge is 2.38. The summed E-state index contributed by atoms with van der Waals surface area (Å²) in [4.78, 5) is 42.0. The average Bonchev–Trinajstić information content (AvgIpc) is 3.09. The lowest BCUT2D eigenvalue weighted by Crippen LogP contribution is -2.60. The van der Waals surface area contributed by atoms with Crippen molar-refractivity contribution in [1.29, 1.82) is 0 Å². The molecule has 1 saturated heterocycles. The molecule has 1 aliphatic heterocycles. The molecule has 1 aliphatic rings. The fourth-order valence-electron chi connectivity index (χ4n) is 5.81. The van der Waals surface area contributed by atoms with Crippen LogP contribution < -0.4 is 10.1 Å². The van der Waals surface area contributed by atoms with Crippen LogP contribution in [-0.4, -0.2) is 73.9 Å². The van der Waals surface area contributed by atoms with Crippen molar-refractivity contribution in [3.63, 3.8) is 0 Å². The number of aliphatic hydroxyl groups is 2. The summed E-state index contributed by atoms with van der Waals surface area (Å²) in [5.74, 6) is 0.346. The quantitative estimate of drug-likeness (QED) is 0.103. The van der Waals surface area contributed by atoms with Crippen LogP contribution in [0, 0.1) is 5.92 Å². The number of aromatic nitrogens is 3. The number of aliphatic hydroxyl groups excluding tert-OH is 1. The van der Waals surface area contributed by atoms with Crippen molar-refractivity contribution in [2.45, 2.75) is 84.0 Å².